The summed E-state index contributed by atoms with van der Waals surface area (Å²) in [7, 11) is 0. The van der Waals surface area contributed by atoms with Gasteiger partial charge in [0.15, 0.2) is 0 Å². The van der Waals surface area contributed by atoms with E-state index < -0.39 is 12.0 Å². The molecule has 122 valence electrons. The topological polar surface area (TPSA) is 81.1 Å². The van der Waals surface area contributed by atoms with Crippen molar-refractivity contribution in [3.63, 3.8) is 0 Å². The normalized spacial score (nSPS) is 11.3. The first kappa shape index (κ1) is 17.0. The molecule has 0 fully saturated rings. The third-order valence-corrected chi connectivity index (χ3v) is 3.27. The monoisotopic (exact) mass is 341 g/mol. The molecule has 0 aliphatic carbocycles. The number of nitrogens with zero attached hydrogens (tertiary/aromatic N) is 1. The van der Waals surface area contributed by atoms with Crippen LogP contribution in [0.15, 0.2) is 36.5 Å². The highest BCUT2D eigenvalue weighted by Gasteiger charge is 2.24. The molecule has 3 N–H and O–H groups in total. The van der Waals surface area contributed by atoms with Gasteiger partial charge in [0.05, 0.1) is 10.6 Å². The van der Waals surface area contributed by atoms with E-state index in [1.54, 1.807) is 18.3 Å². The van der Waals surface area contributed by atoms with E-state index in [2.05, 4.69) is 4.74 Å². The number of benzene rings is 1. The summed E-state index contributed by atoms with van der Waals surface area (Å²) >= 11 is 5.93. The average molecular weight is 342 g/mol. The van der Waals surface area contributed by atoms with Gasteiger partial charge >= 0.3 is 6.11 Å². The summed E-state index contributed by atoms with van der Waals surface area (Å²) in [5.41, 5.74) is 5.90. The number of carbonyl (C=O) groups is 1. The SMILES string of the molecule is CC(F)(F)Oc1ccc(Cn2cccc(C(N)=O)c2=N)cc1Cl. The molecule has 23 heavy (non-hydrogen) atoms. The Labute approximate surface area is 135 Å². The van der Waals surface area contributed by atoms with E-state index in [4.69, 9.17) is 22.7 Å². The Bertz CT molecular complexity index is 800. The number of hydrogen-bond donors (Lipinski definition) is 2. The molecule has 0 aliphatic rings. The number of amides is 1. The molecule has 2 aromatic rings. The highest BCUT2D eigenvalue weighted by atomic mass is 35.5. The fourth-order valence-electron chi connectivity index (χ4n) is 2.00. The van der Waals surface area contributed by atoms with E-state index in [1.165, 1.54) is 22.8 Å². The van der Waals surface area contributed by atoms with Crippen molar-refractivity contribution in [2.24, 2.45) is 5.73 Å². The smallest absolute Gasteiger partial charge is 0.394 e. The minimum atomic E-state index is -3.33. The number of nitrogens with two attached hydrogens (primary N) is 1. The molecule has 0 saturated carbocycles. The van der Waals surface area contributed by atoms with Crippen molar-refractivity contribution in [1.82, 2.24) is 4.57 Å². The van der Waals surface area contributed by atoms with Crippen LogP contribution in [-0.2, 0) is 6.54 Å². The summed E-state index contributed by atoms with van der Waals surface area (Å²) in [4.78, 5) is 11.2. The van der Waals surface area contributed by atoms with E-state index in [1.807, 2.05) is 0 Å². The van der Waals surface area contributed by atoms with Gasteiger partial charge in [0.25, 0.3) is 5.91 Å². The van der Waals surface area contributed by atoms with Gasteiger partial charge in [0.2, 0.25) is 0 Å². The molecule has 1 aromatic heterocycles. The fraction of sp³-hybridized carbons (Fsp3) is 0.200. The largest absolute Gasteiger partial charge is 0.431 e. The number of ether oxygens (including phenoxy) is 1. The number of aromatic nitrogens is 1. The van der Waals surface area contributed by atoms with Crippen LogP contribution in [0.4, 0.5) is 8.78 Å². The quantitative estimate of drug-likeness (QED) is 0.876. The lowest BCUT2D eigenvalue weighted by Crippen LogP contribution is -2.29. The summed E-state index contributed by atoms with van der Waals surface area (Å²) in [6.07, 6.45) is -1.72. The van der Waals surface area contributed by atoms with Crippen molar-refractivity contribution >= 4 is 17.5 Å². The van der Waals surface area contributed by atoms with E-state index in [0.29, 0.717) is 12.5 Å². The zero-order valence-corrected chi connectivity index (χ0v) is 12.9. The number of hydrogen-bond acceptors (Lipinski definition) is 3. The third-order valence-electron chi connectivity index (χ3n) is 2.98. The molecule has 1 heterocycles. The van der Waals surface area contributed by atoms with Gasteiger partial charge in [-0.15, -0.1) is 0 Å². The second-order valence-corrected chi connectivity index (χ2v) is 5.34. The number of alkyl halides is 2. The maximum atomic E-state index is 12.9. The number of rotatable bonds is 5. The van der Waals surface area contributed by atoms with E-state index >= 15 is 0 Å². The van der Waals surface area contributed by atoms with Crippen LogP contribution in [-0.4, -0.2) is 16.6 Å². The van der Waals surface area contributed by atoms with Crippen molar-refractivity contribution < 1.29 is 18.3 Å². The number of halogens is 3. The molecular weight excluding hydrogens is 328 g/mol. The van der Waals surface area contributed by atoms with Crippen LogP contribution in [0, 0.1) is 5.41 Å². The molecule has 0 radical (unpaired) electrons. The second-order valence-electron chi connectivity index (χ2n) is 4.94. The van der Waals surface area contributed by atoms with Crippen molar-refractivity contribution in [3.05, 3.63) is 58.2 Å². The summed E-state index contributed by atoms with van der Waals surface area (Å²) in [6.45, 7) is 0.845. The van der Waals surface area contributed by atoms with Crippen LogP contribution in [0.1, 0.15) is 22.8 Å². The van der Waals surface area contributed by atoms with E-state index in [0.717, 1.165) is 0 Å². The lowest BCUT2D eigenvalue weighted by molar-refractivity contribution is -0.158. The standard InChI is InChI=1S/C15H14ClF2N3O2/c1-15(17,18)23-12-5-4-9(7-11(12)16)8-21-6-2-3-10(13(21)19)14(20)22/h2-7,19H,8H2,1H3,(H2,20,22). The lowest BCUT2D eigenvalue weighted by Gasteiger charge is -2.15. The third kappa shape index (κ3) is 4.29. The van der Waals surface area contributed by atoms with Crippen molar-refractivity contribution in [2.75, 3.05) is 0 Å². The van der Waals surface area contributed by atoms with Gasteiger partial charge in [-0.05, 0) is 29.8 Å². The van der Waals surface area contributed by atoms with Gasteiger partial charge < -0.3 is 15.0 Å². The Kier molecular flexibility index (Phi) is 4.70. The van der Waals surface area contributed by atoms with Crippen LogP contribution in [0.2, 0.25) is 5.02 Å². The van der Waals surface area contributed by atoms with E-state index in [9.17, 15) is 13.6 Å². The highest BCUT2D eigenvalue weighted by Crippen LogP contribution is 2.30. The van der Waals surface area contributed by atoms with Crippen molar-refractivity contribution in [1.29, 1.82) is 5.41 Å². The van der Waals surface area contributed by atoms with Gasteiger partial charge in [-0.25, -0.2) is 0 Å². The van der Waals surface area contributed by atoms with Crippen LogP contribution in [0.5, 0.6) is 5.75 Å². The summed E-state index contributed by atoms with van der Waals surface area (Å²) < 4.78 is 31.6. The average Bonchev–Trinajstić information content (AvgIpc) is 2.42. The van der Waals surface area contributed by atoms with Crippen LogP contribution < -0.4 is 16.0 Å². The van der Waals surface area contributed by atoms with Gasteiger partial charge in [-0.1, -0.05) is 17.7 Å². The van der Waals surface area contributed by atoms with Gasteiger partial charge in [-0.3, -0.25) is 10.2 Å². The summed E-state index contributed by atoms with van der Waals surface area (Å²) in [5, 5.41) is 7.98. The predicted molar refractivity (Wildman–Crippen MR) is 80.6 cm³/mol. The number of carbonyl (C=O) groups excluding carboxylic acids is 1. The predicted octanol–water partition coefficient (Wildman–Crippen LogP) is 2.76. The molecule has 5 nitrogen and oxygen atoms in total. The van der Waals surface area contributed by atoms with Crippen LogP contribution in [0.3, 0.4) is 0 Å². The molecule has 2 rings (SSSR count). The first-order valence-electron chi connectivity index (χ1n) is 6.56. The molecule has 1 aromatic carbocycles. The summed E-state index contributed by atoms with van der Waals surface area (Å²) in [5.74, 6) is -0.832. The molecule has 0 aliphatic heterocycles. The van der Waals surface area contributed by atoms with Crippen LogP contribution >= 0.6 is 11.6 Å². The Morgan fingerprint density at radius 3 is 2.70 bits per heavy atom. The Morgan fingerprint density at radius 1 is 1.43 bits per heavy atom. The molecule has 1 amide bonds. The molecule has 0 spiro atoms. The van der Waals surface area contributed by atoms with Crippen LogP contribution in [0.25, 0.3) is 0 Å². The van der Waals surface area contributed by atoms with Crippen molar-refractivity contribution in [2.45, 2.75) is 19.6 Å². The minimum Gasteiger partial charge on any atom is -0.431 e. The number of pyridine rings is 1. The van der Waals surface area contributed by atoms with Crippen molar-refractivity contribution in [3.8, 4) is 5.75 Å². The molecule has 8 heteroatoms. The van der Waals surface area contributed by atoms with Gasteiger partial charge in [0.1, 0.15) is 11.2 Å². The highest BCUT2D eigenvalue weighted by molar-refractivity contribution is 6.32. The Balaban J connectivity index is 2.29. The zero-order chi connectivity index (χ0) is 17.2. The molecular formula is C15H14ClF2N3O2. The number of nitrogens with one attached hydrogen (secondary N) is 1. The fourth-order valence-corrected chi connectivity index (χ4v) is 2.24. The molecule has 0 bridgehead atoms. The lowest BCUT2D eigenvalue weighted by atomic mass is 10.2. The van der Waals surface area contributed by atoms with Gasteiger partial charge in [0, 0.05) is 19.7 Å². The molecule has 0 atom stereocenters. The zero-order valence-electron chi connectivity index (χ0n) is 12.1. The number of primary amides is 1. The Morgan fingerprint density at radius 2 is 2.13 bits per heavy atom. The first-order chi connectivity index (χ1) is 10.7. The molecule has 0 unspecified atom stereocenters. The minimum absolute atomic E-state index is 0.0298. The Hall–Kier alpha value is -2.41. The second kappa shape index (κ2) is 6.37. The maximum Gasteiger partial charge on any atom is 0.394 e. The van der Waals surface area contributed by atoms with E-state index in [-0.39, 0.29) is 28.4 Å². The molecule has 0 saturated heterocycles. The van der Waals surface area contributed by atoms with Gasteiger partial charge in [-0.2, -0.15) is 8.78 Å². The summed E-state index contributed by atoms with van der Waals surface area (Å²) in [6, 6.07) is 7.39. The maximum absolute atomic E-state index is 12.9. The first-order valence-corrected chi connectivity index (χ1v) is 6.94.